The Balaban J connectivity index is 1.63. The third kappa shape index (κ3) is 2.89. The first-order valence-corrected chi connectivity index (χ1v) is 9.53. The number of ketones is 2. The van der Waals surface area contributed by atoms with Gasteiger partial charge in [0, 0.05) is 21.6 Å². The average Bonchev–Trinajstić information content (AvgIpc) is 3.22. The lowest BCUT2D eigenvalue weighted by atomic mass is 9.67. The smallest absolute Gasteiger partial charge is 0.162 e. The van der Waals surface area contributed by atoms with Crippen molar-refractivity contribution in [2.45, 2.75) is 19.3 Å². The first kappa shape index (κ1) is 14.8. The van der Waals surface area contributed by atoms with Crippen LogP contribution >= 0.6 is 22.7 Å². The molecule has 2 atom stereocenters. The summed E-state index contributed by atoms with van der Waals surface area (Å²) in [6, 6.07) is 8.00. The summed E-state index contributed by atoms with van der Waals surface area (Å²) >= 11 is 3.25. The molecule has 2 bridgehead atoms. The number of hydrogen-bond acceptors (Lipinski definition) is 4. The summed E-state index contributed by atoms with van der Waals surface area (Å²) in [6.07, 6.45) is 5.86. The zero-order chi connectivity index (χ0) is 15.8. The van der Waals surface area contributed by atoms with E-state index in [1.165, 1.54) is 0 Å². The van der Waals surface area contributed by atoms with Gasteiger partial charge in [0.1, 0.15) is 0 Å². The van der Waals surface area contributed by atoms with Crippen LogP contribution in [0.5, 0.6) is 0 Å². The number of thiophene rings is 2. The molecule has 2 fully saturated rings. The highest BCUT2D eigenvalue weighted by molar-refractivity contribution is 7.11. The molecule has 2 saturated carbocycles. The Hall–Kier alpha value is -1.78. The van der Waals surface area contributed by atoms with Crippen LogP contribution in [0.4, 0.5) is 0 Å². The Morgan fingerprint density at radius 3 is 1.70 bits per heavy atom. The van der Waals surface area contributed by atoms with Gasteiger partial charge >= 0.3 is 0 Å². The van der Waals surface area contributed by atoms with E-state index in [1.807, 2.05) is 47.2 Å². The standard InChI is InChI=1S/C19H16O2S2/c20-18-13-7-12(8-14(18)10-16-3-1-5-22-16)19(21)15(9-13)11-17-4-2-6-23-17/h1-6,10-13H,7-9H2/b14-10-,15-11-/t12-,13-/m0/s1. The number of fused-ring (bicyclic) bond motifs is 2. The highest BCUT2D eigenvalue weighted by Gasteiger charge is 2.41. The molecule has 4 heteroatoms. The third-order valence-corrected chi connectivity index (χ3v) is 6.23. The molecule has 0 aromatic carbocycles. The van der Waals surface area contributed by atoms with E-state index >= 15 is 0 Å². The van der Waals surface area contributed by atoms with E-state index in [-0.39, 0.29) is 23.4 Å². The van der Waals surface area contributed by atoms with E-state index < -0.39 is 0 Å². The highest BCUT2D eigenvalue weighted by Crippen LogP contribution is 2.42. The van der Waals surface area contributed by atoms with E-state index in [0.29, 0.717) is 12.8 Å². The van der Waals surface area contributed by atoms with Crippen LogP contribution in [0.15, 0.2) is 46.2 Å². The number of Topliss-reactive ketones (excluding diaryl/α,β-unsaturated/α-hetero) is 2. The van der Waals surface area contributed by atoms with Crippen molar-refractivity contribution >= 4 is 46.4 Å². The van der Waals surface area contributed by atoms with Crippen molar-refractivity contribution in [3.05, 3.63) is 55.9 Å². The number of hydrogen-bond donors (Lipinski definition) is 0. The van der Waals surface area contributed by atoms with Crippen LogP contribution in [-0.4, -0.2) is 11.6 Å². The molecule has 0 amide bonds. The van der Waals surface area contributed by atoms with Crippen LogP contribution in [0.2, 0.25) is 0 Å². The molecule has 2 aromatic rings. The van der Waals surface area contributed by atoms with E-state index in [0.717, 1.165) is 27.3 Å². The van der Waals surface area contributed by atoms with Crippen molar-refractivity contribution in [1.82, 2.24) is 0 Å². The maximum atomic E-state index is 12.7. The van der Waals surface area contributed by atoms with Gasteiger partial charge in [0.05, 0.1) is 0 Å². The second-order valence-electron chi connectivity index (χ2n) is 6.14. The van der Waals surface area contributed by atoms with Gasteiger partial charge in [-0.05, 0) is 65.5 Å². The van der Waals surface area contributed by atoms with Gasteiger partial charge in [-0.2, -0.15) is 0 Å². The zero-order valence-corrected chi connectivity index (χ0v) is 14.2. The molecular weight excluding hydrogens is 324 g/mol. The van der Waals surface area contributed by atoms with Gasteiger partial charge in [-0.15, -0.1) is 22.7 Å². The molecule has 0 unspecified atom stereocenters. The average molecular weight is 340 g/mol. The molecular formula is C19H16O2S2. The molecule has 2 heterocycles. The van der Waals surface area contributed by atoms with Crippen LogP contribution in [-0.2, 0) is 9.59 Å². The molecule has 4 rings (SSSR count). The Kier molecular flexibility index (Phi) is 3.87. The van der Waals surface area contributed by atoms with Gasteiger partial charge in [0.25, 0.3) is 0 Å². The monoisotopic (exact) mass is 340 g/mol. The summed E-state index contributed by atoms with van der Waals surface area (Å²) in [5, 5.41) is 4.01. The van der Waals surface area contributed by atoms with E-state index in [1.54, 1.807) is 22.7 Å². The lowest BCUT2D eigenvalue weighted by Crippen LogP contribution is -2.37. The van der Waals surface area contributed by atoms with Crippen molar-refractivity contribution < 1.29 is 9.59 Å². The number of carbonyl (C=O) groups excluding carboxylic acids is 2. The molecule has 0 aliphatic heterocycles. The molecule has 2 aliphatic rings. The molecule has 2 nitrogen and oxygen atoms in total. The van der Waals surface area contributed by atoms with Crippen molar-refractivity contribution in [1.29, 1.82) is 0 Å². The Morgan fingerprint density at radius 1 is 0.826 bits per heavy atom. The fourth-order valence-electron chi connectivity index (χ4n) is 3.52. The minimum atomic E-state index is -0.0242. The topological polar surface area (TPSA) is 34.1 Å². The predicted octanol–water partition coefficient (Wildman–Crippen LogP) is 4.84. The van der Waals surface area contributed by atoms with Crippen molar-refractivity contribution in [2.75, 3.05) is 0 Å². The van der Waals surface area contributed by atoms with Gasteiger partial charge in [-0.25, -0.2) is 0 Å². The maximum absolute atomic E-state index is 12.7. The van der Waals surface area contributed by atoms with Gasteiger partial charge in [-0.3, -0.25) is 9.59 Å². The van der Waals surface area contributed by atoms with E-state index in [9.17, 15) is 9.59 Å². The van der Waals surface area contributed by atoms with Gasteiger partial charge in [0.15, 0.2) is 11.6 Å². The summed E-state index contributed by atoms with van der Waals surface area (Å²) < 4.78 is 0. The number of allylic oxidation sites excluding steroid dienone is 2. The number of carbonyl (C=O) groups is 2. The Bertz CT molecular complexity index is 726. The van der Waals surface area contributed by atoms with Crippen molar-refractivity contribution in [3.8, 4) is 0 Å². The quantitative estimate of drug-likeness (QED) is 0.733. The van der Waals surface area contributed by atoms with Crippen LogP contribution in [0.25, 0.3) is 12.2 Å². The number of rotatable bonds is 2. The molecule has 0 spiro atoms. The first-order valence-electron chi connectivity index (χ1n) is 7.77. The summed E-state index contributed by atoms with van der Waals surface area (Å²) in [6.45, 7) is 0. The molecule has 0 N–H and O–H groups in total. The third-order valence-electron chi connectivity index (χ3n) is 4.60. The summed E-state index contributed by atoms with van der Waals surface area (Å²) in [5.41, 5.74) is 1.66. The minimum Gasteiger partial charge on any atom is -0.294 e. The maximum Gasteiger partial charge on any atom is 0.162 e. The van der Waals surface area contributed by atoms with Crippen LogP contribution in [0.3, 0.4) is 0 Å². The molecule has 0 saturated heterocycles. The lowest BCUT2D eigenvalue weighted by molar-refractivity contribution is -0.127. The second kappa shape index (κ2) is 6.02. The molecule has 0 radical (unpaired) electrons. The van der Waals surface area contributed by atoms with Crippen LogP contribution in [0, 0.1) is 11.8 Å². The summed E-state index contributed by atoms with van der Waals surface area (Å²) in [5.74, 6) is 0.422. The predicted molar refractivity (Wildman–Crippen MR) is 95.4 cm³/mol. The molecule has 23 heavy (non-hydrogen) atoms. The summed E-state index contributed by atoms with van der Waals surface area (Å²) in [4.78, 5) is 27.6. The Morgan fingerprint density at radius 2 is 1.30 bits per heavy atom. The largest absolute Gasteiger partial charge is 0.294 e. The van der Waals surface area contributed by atoms with Crippen LogP contribution in [0.1, 0.15) is 29.0 Å². The fourth-order valence-corrected chi connectivity index (χ4v) is 4.88. The second-order valence-corrected chi connectivity index (χ2v) is 8.09. The first-order chi connectivity index (χ1) is 11.2. The minimum absolute atomic E-state index is 0.0242. The van der Waals surface area contributed by atoms with Gasteiger partial charge in [0.2, 0.25) is 0 Å². The molecule has 2 aromatic heterocycles. The highest BCUT2D eigenvalue weighted by atomic mass is 32.1. The Labute approximate surface area is 143 Å². The van der Waals surface area contributed by atoms with E-state index in [4.69, 9.17) is 0 Å². The molecule has 116 valence electrons. The normalized spacial score (nSPS) is 27.8. The van der Waals surface area contributed by atoms with E-state index in [2.05, 4.69) is 0 Å². The van der Waals surface area contributed by atoms with Crippen molar-refractivity contribution in [3.63, 3.8) is 0 Å². The fraction of sp³-hybridized carbons (Fsp3) is 0.263. The zero-order valence-electron chi connectivity index (χ0n) is 12.5. The molecule has 2 aliphatic carbocycles. The van der Waals surface area contributed by atoms with Gasteiger partial charge < -0.3 is 0 Å². The SMILES string of the molecule is O=C1/C(=C\c2cccs2)C[C@@H]2C[C@H]1C/C(=C/c1cccs1)C2=O. The van der Waals surface area contributed by atoms with Crippen LogP contribution < -0.4 is 0 Å². The van der Waals surface area contributed by atoms with Gasteiger partial charge in [-0.1, -0.05) is 12.1 Å². The lowest BCUT2D eigenvalue weighted by Gasteiger charge is -2.35. The van der Waals surface area contributed by atoms with Crippen molar-refractivity contribution in [2.24, 2.45) is 11.8 Å². The summed E-state index contributed by atoms with van der Waals surface area (Å²) in [7, 11) is 0.